The summed E-state index contributed by atoms with van der Waals surface area (Å²) in [6, 6.07) is 11.6. The average molecular weight is 304 g/mol. The Hall–Kier alpha value is -1.90. The van der Waals surface area contributed by atoms with E-state index in [-0.39, 0.29) is 0 Å². The van der Waals surface area contributed by atoms with Gasteiger partial charge in [0.1, 0.15) is 0 Å². The van der Waals surface area contributed by atoms with Gasteiger partial charge in [0.05, 0.1) is 5.56 Å². The van der Waals surface area contributed by atoms with Gasteiger partial charge in [-0.3, -0.25) is 0 Å². The van der Waals surface area contributed by atoms with Crippen molar-refractivity contribution in [1.82, 2.24) is 0 Å². The Morgan fingerprint density at radius 3 is 2.29 bits per heavy atom. The molecular formula is C16H17O4P. The molecule has 4 nitrogen and oxygen atoms in total. The van der Waals surface area contributed by atoms with E-state index in [0.29, 0.717) is 5.56 Å². The number of hydrogen-bond acceptors (Lipinski definition) is 3. The van der Waals surface area contributed by atoms with Crippen molar-refractivity contribution in [2.24, 2.45) is 0 Å². The summed E-state index contributed by atoms with van der Waals surface area (Å²) in [5.74, 6) is -0.756. The van der Waals surface area contributed by atoms with Crippen LogP contribution in [0, 0.1) is 20.8 Å². The number of carbonyl (C=O) groups excluding carboxylic acids is 1. The summed E-state index contributed by atoms with van der Waals surface area (Å²) in [4.78, 5) is 20.8. The van der Waals surface area contributed by atoms with Crippen LogP contribution in [0.5, 0.6) is 0 Å². The molecule has 0 saturated carbocycles. The molecule has 1 atom stereocenters. The molecule has 0 fully saturated rings. The van der Waals surface area contributed by atoms with Crippen molar-refractivity contribution in [2.75, 3.05) is 0 Å². The number of benzene rings is 2. The Balaban J connectivity index is 2.64. The first-order valence-electron chi connectivity index (χ1n) is 6.53. The molecule has 0 saturated heterocycles. The molecule has 1 unspecified atom stereocenters. The van der Waals surface area contributed by atoms with E-state index < -0.39 is 14.2 Å². The maximum Gasteiger partial charge on any atom is 0.367 e. The topological polar surface area (TPSA) is 63.6 Å². The average Bonchev–Trinajstić information content (AvgIpc) is 2.38. The van der Waals surface area contributed by atoms with E-state index in [0.717, 1.165) is 27.8 Å². The Bertz CT molecular complexity index is 708. The van der Waals surface area contributed by atoms with E-state index in [9.17, 15) is 9.36 Å². The van der Waals surface area contributed by atoms with Gasteiger partial charge in [-0.05, 0) is 48.6 Å². The third-order valence-corrected chi connectivity index (χ3v) is 3.78. The van der Waals surface area contributed by atoms with E-state index in [1.807, 2.05) is 50.2 Å². The monoisotopic (exact) mass is 304 g/mol. The highest BCUT2D eigenvalue weighted by molar-refractivity contribution is 7.32. The third-order valence-electron chi connectivity index (χ3n) is 3.42. The highest BCUT2D eigenvalue weighted by atomic mass is 31.1. The van der Waals surface area contributed by atoms with E-state index in [4.69, 9.17) is 4.89 Å². The lowest BCUT2D eigenvalue weighted by Crippen LogP contribution is -2.08. The zero-order valence-electron chi connectivity index (χ0n) is 12.1. The Morgan fingerprint density at radius 1 is 1.10 bits per heavy atom. The van der Waals surface area contributed by atoms with Crippen molar-refractivity contribution in [1.29, 1.82) is 0 Å². The molecular weight excluding hydrogens is 287 g/mol. The molecule has 0 aromatic heterocycles. The van der Waals surface area contributed by atoms with Gasteiger partial charge in [-0.15, -0.1) is 0 Å². The highest BCUT2D eigenvalue weighted by Crippen LogP contribution is 2.33. The van der Waals surface area contributed by atoms with Crippen LogP contribution in [0.25, 0.3) is 11.1 Å². The molecule has 2 rings (SSSR count). The molecule has 0 amide bonds. The van der Waals surface area contributed by atoms with Crippen molar-refractivity contribution in [3.8, 4) is 11.1 Å². The van der Waals surface area contributed by atoms with Crippen LogP contribution in [0.4, 0.5) is 0 Å². The molecule has 0 bridgehead atoms. The van der Waals surface area contributed by atoms with E-state index in [1.165, 1.54) is 0 Å². The number of hydrogen-bond donors (Lipinski definition) is 1. The second-order valence-corrected chi connectivity index (χ2v) is 5.64. The molecule has 0 aliphatic rings. The van der Waals surface area contributed by atoms with Gasteiger partial charge in [-0.2, -0.15) is 0 Å². The molecule has 110 valence electrons. The lowest BCUT2D eigenvalue weighted by Gasteiger charge is -2.16. The maximum atomic E-state index is 12.0. The molecule has 0 radical (unpaired) electrons. The Morgan fingerprint density at radius 2 is 1.71 bits per heavy atom. The van der Waals surface area contributed by atoms with Crippen molar-refractivity contribution in [2.45, 2.75) is 20.8 Å². The van der Waals surface area contributed by atoms with Gasteiger partial charge >= 0.3 is 14.2 Å². The maximum absolute atomic E-state index is 12.0. The van der Waals surface area contributed by atoms with Gasteiger partial charge in [0.25, 0.3) is 0 Å². The predicted octanol–water partition coefficient (Wildman–Crippen LogP) is 3.82. The Kier molecular flexibility index (Phi) is 4.61. The summed E-state index contributed by atoms with van der Waals surface area (Å²) in [7, 11) is -3.30. The zero-order valence-corrected chi connectivity index (χ0v) is 13.1. The summed E-state index contributed by atoms with van der Waals surface area (Å²) in [5, 5.41) is 0. The van der Waals surface area contributed by atoms with Crippen LogP contribution in [0.1, 0.15) is 27.0 Å². The van der Waals surface area contributed by atoms with Gasteiger partial charge in [-0.25, -0.2) is 9.36 Å². The van der Waals surface area contributed by atoms with Gasteiger partial charge < -0.3 is 9.42 Å². The van der Waals surface area contributed by atoms with Crippen molar-refractivity contribution >= 4 is 14.2 Å². The third kappa shape index (κ3) is 3.23. The summed E-state index contributed by atoms with van der Waals surface area (Å²) in [6.07, 6.45) is 0. The lowest BCUT2D eigenvalue weighted by atomic mass is 9.89. The number of carbonyl (C=O) groups is 1. The highest BCUT2D eigenvalue weighted by Gasteiger charge is 2.20. The zero-order chi connectivity index (χ0) is 15.6. The molecule has 2 aromatic carbocycles. The van der Waals surface area contributed by atoms with Gasteiger partial charge in [0, 0.05) is 0 Å². The normalized spacial score (nSPS) is 12.0. The second kappa shape index (κ2) is 6.25. The molecule has 0 heterocycles. The summed E-state index contributed by atoms with van der Waals surface area (Å²) < 4.78 is 15.3. The number of aryl methyl sites for hydroxylation is 2. The van der Waals surface area contributed by atoms with Crippen LogP contribution >= 0.6 is 8.25 Å². The molecule has 0 aliphatic heterocycles. The predicted molar refractivity (Wildman–Crippen MR) is 82.7 cm³/mol. The van der Waals surface area contributed by atoms with Crippen LogP contribution in [0.3, 0.4) is 0 Å². The quantitative estimate of drug-likeness (QED) is 0.876. The fourth-order valence-corrected chi connectivity index (χ4v) is 2.94. The minimum Gasteiger partial charge on any atom is -0.390 e. The minimum atomic E-state index is -3.30. The molecule has 5 heteroatoms. The standard InChI is InChI=1S/C16H17O4P/c1-10-9-11(2)15(16(17)20-21(18)19)12(3)14(10)13-7-5-4-6-8-13/h4-9,21H,1-3H3,(H,18,19). The van der Waals surface area contributed by atoms with Crippen molar-refractivity contribution < 1.29 is 18.8 Å². The van der Waals surface area contributed by atoms with Crippen LogP contribution in [0.15, 0.2) is 36.4 Å². The largest absolute Gasteiger partial charge is 0.390 e. The van der Waals surface area contributed by atoms with E-state index in [1.54, 1.807) is 6.92 Å². The minimum absolute atomic E-state index is 0.354. The fourth-order valence-electron chi connectivity index (χ4n) is 2.68. The first kappa shape index (κ1) is 15.5. The van der Waals surface area contributed by atoms with E-state index in [2.05, 4.69) is 4.52 Å². The lowest BCUT2D eigenvalue weighted by molar-refractivity contribution is 0.0729. The SMILES string of the molecule is Cc1cc(C)c(-c2ccccc2)c(C)c1C(=O)O[PH](=O)O. The molecule has 21 heavy (non-hydrogen) atoms. The molecule has 0 aliphatic carbocycles. The molecule has 0 spiro atoms. The summed E-state index contributed by atoms with van der Waals surface area (Å²) in [6.45, 7) is 5.60. The van der Waals surface area contributed by atoms with Crippen LogP contribution in [-0.2, 0) is 9.09 Å². The molecule has 1 N–H and O–H groups in total. The first-order chi connectivity index (χ1) is 9.91. The van der Waals surface area contributed by atoms with Gasteiger partial charge in [0.2, 0.25) is 0 Å². The smallest absolute Gasteiger partial charge is 0.367 e. The van der Waals surface area contributed by atoms with Gasteiger partial charge in [0.15, 0.2) is 0 Å². The second-order valence-electron chi connectivity index (χ2n) is 4.91. The van der Waals surface area contributed by atoms with Gasteiger partial charge in [-0.1, -0.05) is 36.4 Å². The van der Waals surface area contributed by atoms with Crippen LogP contribution < -0.4 is 0 Å². The Labute approximate surface area is 124 Å². The van der Waals surface area contributed by atoms with Crippen LogP contribution in [-0.4, -0.2) is 10.9 Å². The number of rotatable bonds is 3. The first-order valence-corrected chi connectivity index (χ1v) is 7.79. The molecule has 2 aromatic rings. The fraction of sp³-hybridized carbons (Fsp3) is 0.188. The summed E-state index contributed by atoms with van der Waals surface area (Å²) >= 11 is 0. The summed E-state index contributed by atoms with van der Waals surface area (Å²) in [5.41, 5.74) is 4.84. The van der Waals surface area contributed by atoms with Crippen LogP contribution in [0.2, 0.25) is 0 Å². The van der Waals surface area contributed by atoms with E-state index >= 15 is 0 Å². The van der Waals surface area contributed by atoms with Crippen molar-refractivity contribution in [3.63, 3.8) is 0 Å². The van der Waals surface area contributed by atoms with Crippen molar-refractivity contribution in [3.05, 3.63) is 58.7 Å².